The van der Waals surface area contributed by atoms with Crippen molar-refractivity contribution in [2.75, 3.05) is 5.73 Å². The molecule has 0 spiro atoms. The van der Waals surface area contributed by atoms with Gasteiger partial charge in [-0.15, -0.1) is 10.2 Å². The third kappa shape index (κ3) is 2.93. The van der Waals surface area contributed by atoms with Gasteiger partial charge in [0.15, 0.2) is 4.34 Å². The summed E-state index contributed by atoms with van der Waals surface area (Å²) in [6.45, 7) is 1.96. The second kappa shape index (κ2) is 5.98. The zero-order valence-electron chi connectivity index (χ0n) is 11.7. The van der Waals surface area contributed by atoms with Gasteiger partial charge in [-0.25, -0.2) is 4.79 Å². The lowest BCUT2D eigenvalue weighted by Gasteiger charge is -2.07. The number of hydrogen-bond acceptors (Lipinski definition) is 8. The number of anilines is 1. The van der Waals surface area contributed by atoms with Crippen LogP contribution in [0.4, 0.5) is 5.13 Å². The Morgan fingerprint density at radius 1 is 1.32 bits per heavy atom. The molecule has 6 nitrogen and oxygen atoms in total. The number of hydrogen-bond donors (Lipinski definition) is 2. The van der Waals surface area contributed by atoms with Crippen molar-refractivity contribution in [3.8, 4) is 5.75 Å². The molecule has 0 unspecified atom stereocenters. The maximum atomic E-state index is 11.7. The second-order valence-corrected chi connectivity index (χ2v) is 6.85. The first kappa shape index (κ1) is 14.9. The van der Waals surface area contributed by atoms with Crippen molar-refractivity contribution in [3.63, 3.8) is 0 Å². The highest BCUT2D eigenvalue weighted by Gasteiger charge is 2.11. The number of thioether (sulfide) groups is 1. The topological polar surface area (TPSA) is 102 Å². The van der Waals surface area contributed by atoms with Crippen LogP contribution in [0.1, 0.15) is 18.1 Å². The lowest BCUT2D eigenvalue weighted by molar-refractivity contribution is 0.466. The maximum Gasteiger partial charge on any atom is 0.336 e. The smallest absolute Gasteiger partial charge is 0.336 e. The van der Waals surface area contributed by atoms with Crippen molar-refractivity contribution < 1.29 is 9.52 Å². The van der Waals surface area contributed by atoms with E-state index in [-0.39, 0.29) is 5.75 Å². The summed E-state index contributed by atoms with van der Waals surface area (Å²) in [6, 6.07) is 4.82. The van der Waals surface area contributed by atoms with Gasteiger partial charge in [0, 0.05) is 23.3 Å². The fourth-order valence-corrected chi connectivity index (χ4v) is 3.76. The summed E-state index contributed by atoms with van der Waals surface area (Å²) in [4.78, 5) is 11.7. The molecule has 0 radical (unpaired) electrons. The SMILES string of the molecule is CCc1cc2c(CSc3nnc(N)s3)cc(=O)oc2cc1O. The summed E-state index contributed by atoms with van der Waals surface area (Å²) < 4.78 is 5.91. The number of rotatable bonds is 4. The van der Waals surface area contributed by atoms with E-state index in [1.165, 1.54) is 35.2 Å². The number of fused-ring (bicyclic) bond motifs is 1. The summed E-state index contributed by atoms with van der Waals surface area (Å²) in [7, 11) is 0. The monoisotopic (exact) mass is 335 g/mol. The van der Waals surface area contributed by atoms with Crippen LogP contribution < -0.4 is 11.4 Å². The minimum Gasteiger partial charge on any atom is -0.508 e. The van der Waals surface area contributed by atoms with Crippen LogP contribution >= 0.6 is 23.1 Å². The molecule has 22 heavy (non-hydrogen) atoms. The number of phenolic OH excluding ortho intramolecular Hbond substituents is 1. The predicted molar refractivity (Wildman–Crippen MR) is 87.4 cm³/mol. The molecule has 3 rings (SSSR count). The van der Waals surface area contributed by atoms with Crippen molar-refractivity contribution in [2.24, 2.45) is 0 Å². The third-order valence-electron chi connectivity index (χ3n) is 3.18. The average molecular weight is 335 g/mol. The van der Waals surface area contributed by atoms with Gasteiger partial charge in [-0.05, 0) is 23.6 Å². The molecule has 0 atom stereocenters. The summed E-state index contributed by atoms with van der Waals surface area (Å²) in [5.74, 6) is 0.685. The molecule has 1 aromatic carbocycles. The van der Waals surface area contributed by atoms with Crippen molar-refractivity contribution >= 4 is 39.2 Å². The van der Waals surface area contributed by atoms with E-state index in [1.54, 1.807) is 0 Å². The Hall–Kier alpha value is -2.06. The highest BCUT2D eigenvalue weighted by Crippen LogP contribution is 2.31. The van der Waals surface area contributed by atoms with E-state index in [4.69, 9.17) is 10.2 Å². The molecule has 0 saturated carbocycles. The van der Waals surface area contributed by atoms with Crippen LogP contribution in [0.2, 0.25) is 0 Å². The van der Waals surface area contributed by atoms with Gasteiger partial charge in [0.1, 0.15) is 11.3 Å². The Balaban J connectivity index is 2.01. The van der Waals surface area contributed by atoms with E-state index in [2.05, 4.69) is 10.2 Å². The van der Waals surface area contributed by atoms with Crippen LogP contribution in [0, 0.1) is 0 Å². The minimum absolute atomic E-state index is 0.139. The van der Waals surface area contributed by atoms with Crippen molar-refractivity contribution in [1.29, 1.82) is 0 Å². The zero-order valence-corrected chi connectivity index (χ0v) is 13.3. The largest absolute Gasteiger partial charge is 0.508 e. The Bertz CT molecular complexity index is 889. The van der Waals surface area contributed by atoms with Crippen LogP contribution in [0.5, 0.6) is 5.75 Å². The predicted octanol–water partition coefficient (Wildman–Crippen LogP) is 2.79. The van der Waals surface area contributed by atoms with Crippen molar-refractivity contribution in [3.05, 3.63) is 39.7 Å². The molecule has 0 amide bonds. The summed E-state index contributed by atoms with van der Waals surface area (Å²) in [5.41, 5.74) is 7.14. The minimum atomic E-state index is -0.441. The lowest BCUT2D eigenvalue weighted by Crippen LogP contribution is -2.00. The first-order valence-corrected chi connectivity index (χ1v) is 8.37. The molecule has 0 fully saturated rings. The van der Waals surface area contributed by atoms with Crippen LogP contribution in [0.15, 0.2) is 31.8 Å². The molecule has 2 aromatic heterocycles. The Kier molecular flexibility index (Phi) is 4.04. The molecular formula is C14H13N3O3S2. The summed E-state index contributed by atoms with van der Waals surface area (Å²) in [5, 5.41) is 18.8. The molecular weight excluding hydrogens is 322 g/mol. The number of aryl methyl sites for hydroxylation is 1. The van der Waals surface area contributed by atoms with E-state index >= 15 is 0 Å². The van der Waals surface area contributed by atoms with E-state index in [1.807, 2.05) is 13.0 Å². The van der Waals surface area contributed by atoms with Gasteiger partial charge in [-0.2, -0.15) is 0 Å². The molecule has 0 aliphatic carbocycles. The second-order valence-electron chi connectivity index (χ2n) is 4.62. The number of aromatic nitrogens is 2. The third-order valence-corrected chi connectivity index (χ3v) is 5.12. The van der Waals surface area contributed by atoms with Crippen LogP contribution in [0.25, 0.3) is 11.0 Å². The fourth-order valence-electron chi connectivity index (χ4n) is 2.13. The summed E-state index contributed by atoms with van der Waals surface area (Å²) >= 11 is 2.76. The van der Waals surface area contributed by atoms with Gasteiger partial charge in [-0.1, -0.05) is 30.0 Å². The molecule has 0 aliphatic rings. The number of nitrogens with two attached hydrogens (primary N) is 1. The van der Waals surface area contributed by atoms with Gasteiger partial charge >= 0.3 is 5.63 Å². The molecule has 2 heterocycles. The first-order valence-electron chi connectivity index (χ1n) is 6.57. The Morgan fingerprint density at radius 3 is 2.82 bits per heavy atom. The van der Waals surface area contributed by atoms with Crippen molar-refractivity contribution in [1.82, 2.24) is 10.2 Å². The standard InChI is InChI=1S/C14H13N3O3S2/c1-2-7-3-9-8(6-21-14-17-16-13(15)22-14)4-12(19)20-11(9)5-10(7)18/h3-5,18H,2,6H2,1H3,(H2,15,16). The molecule has 0 bridgehead atoms. The van der Waals surface area contributed by atoms with Gasteiger partial charge in [0.25, 0.3) is 0 Å². The van der Waals surface area contributed by atoms with E-state index < -0.39 is 5.63 Å². The first-order chi connectivity index (χ1) is 10.6. The lowest BCUT2D eigenvalue weighted by atomic mass is 10.1. The van der Waals surface area contributed by atoms with E-state index in [9.17, 15) is 9.90 Å². The van der Waals surface area contributed by atoms with Gasteiger partial charge in [0.05, 0.1) is 0 Å². The van der Waals surface area contributed by atoms with Crippen molar-refractivity contribution in [2.45, 2.75) is 23.4 Å². The van der Waals surface area contributed by atoms with Crippen LogP contribution in [-0.2, 0) is 12.2 Å². The highest BCUT2D eigenvalue weighted by molar-refractivity contribution is 8.00. The number of aromatic hydroxyl groups is 1. The molecule has 3 aromatic rings. The number of phenols is 1. The zero-order chi connectivity index (χ0) is 15.7. The fraction of sp³-hybridized carbons (Fsp3) is 0.214. The molecule has 8 heteroatoms. The van der Waals surface area contributed by atoms with Gasteiger partial charge < -0.3 is 15.3 Å². The van der Waals surface area contributed by atoms with Crippen LogP contribution in [-0.4, -0.2) is 15.3 Å². The Labute approximate surface area is 134 Å². The molecule has 0 aliphatic heterocycles. The van der Waals surface area contributed by atoms with Gasteiger partial charge in [-0.3, -0.25) is 0 Å². The molecule has 114 valence electrons. The Morgan fingerprint density at radius 2 is 2.14 bits per heavy atom. The average Bonchev–Trinajstić information content (AvgIpc) is 2.89. The number of nitrogens with zero attached hydrogens (tertiary/aromatic N) is 2. The quantitative estimate of drug-likeness (QED) is 0.558. The molecule has 3 N–H and O–H groups in total. The van der Waals surface area contributed by atoms with E-state index in [0.717, 1.165) is 20.9 Å². The normalized spacial score (nSPS) is 11.1. The maximum absolute atomic E-state index is 11.7. The van der Waals surface area contributed by atoms with E-state index in [0.29, 0.717) is 22.9 Å². The number of nitrogen functional groups attached to an aromatic ring is 1. The molecule has 0 saturated heterocycles. The van der Waals surface area contributed by atoms with Gasteiger partial charge in [0.2, 0.25) is 5.13 Å². The number of benzene rings is 1. The highest BCUT2D eigenvalue weighted by atomic mass is 32.2. The summed E-state index contributed by atoms with van der Waals surface area (Å²) in [6.07, 6.45) is 0.695. The van der Waals surface area contributed by atoms with Crippen LogP contribution in [0.3, 0.4) is 0 Å².